The number of hydrogen-bond donors (Lipinski definition) is 0. The van der Waals surface area contributed by atoms with Gasteiger partial charge in [0.25, 0.3) is 0 Å². The number of nitrogens with zero attached hydrogens (tertiary/aromatic N) is 5. The number of piperazine rings is 1. The Morgan fingerprint density at radius 2 is 1.69 bits per heavy atom. The number of Topliss-reactive ketones (excluding diaryl/α,β-unsaturated/α-hetero) is 1. The van der Waals surface area contributed by atoms with Crippen molar-refractivity contribution in [3.63, 3.8) is 0 Å². The maximum Gasteiger partial charge on any atom is 0.223 e. The van der Waals surface area contributed by atoms with Crippen LogP contribution in [-0.2, 0) is 4.79 Å². The Kier molecular flexibility index (Phi) is 6.55. The van der Waals surface area contributed by atoms with Gasteiger partial charge in [-0.15, -0.1) is 0 Å². The van der Waals surface area contributed by atoms with E-state index in [1.807, 2.05) is 41.6 Å². The summed E-state index contributed by atoms with van der Waals surface area (Å²) in [7, 11) is 0. The normalized spacial score (nSPS) is 14.0. The summed E-state index contributed by atoms with van der Waals surface area (Å²) in [5, 5.41) is 5.27. The van der Waals surface area contributed by atoms with Gasteiger partial charge in [0.1, 0.15) is 0 Å². The molecule has 0 spiro atoms. The van der Waals surface area contributed by atoms with Gasteiger partial charge in [-0.05, 0) is 50.2 Å². The second-order valence-electron chi connectivity index (χ2n) is 7.92. The van der Waals surface area contributed by atoms with Crippen molar-refractivity contribution in [2.45, 2.75) is 26.7 Å². The number of carbonyl (C=O) groups is 2. The minimum Gasteiger partial charge on any atom is -0.365 e. The highest BCUT2D eigenvalue weighted by Crippen LogP contribution is 2.27. The maximum absolute atomic E-state index is 12.7. The molecule has 1 aliphatic heterocycles. The molecule has 0 N–H and O–H groups in total. The minimum absolute atomic E-state index is 0.0181. The molecule has 1 saturated heterocycles. The van der Waals surface area contributed by atoms with E-state index >= 15 is 0 Å². The molecule has 0 radical (unpaired) electrons. The van der Waals surface area contributed by atoms with Crippen LogP contribution in [0.3, 0.4) is 0 Å². The number of hydrogen-bond acceptors (Lipinski definition) is 5. The van der Waals surface area contributed by atoms with Crippen LogP contribution in [-0.4, -0.2) is 57.5 Å². The van der Waals surface area contributed by atoms with Gasteiger partial charge in [0.2, 0.25) is 5.91 Å². The fraction of sp³-hybridized carbons (Fsp3) is 0.333. The van der Waals surface area contributed by atoms with Crippen LogP contribution in [0.1, 0.15) is 34.6 Å². The van der Waals surface area contributed by atoms with Gasteiger partial charge < -0.3 is 9.80 Å². The number of benzene rings is 1. The van der Waals surface area contributed by atoms with Crippen LogP contribution in [0.25, 0.3) is 5.82 Å². The molecule has 3 heterocycles. The summed E-state index contributed by atoms with van der Waals surface area (Å²) >= 11 is 5.87. The zero-order valence-corrected chi connectivity index (χ0v) is 19.0. The minimum atomic E-state index is -0.0400. The molecule has 0 atom stereocenters. The van der Waals surface area contributed by atoms with Gasteiger partial charge in [0, 0.05) is 55.8 Å². The maximum atomic E-state index is 12.7. The second-order valence-corrected chi connectivity index (χ2v) is 8.35. The summed E-state index contributed by atoms with van der Waals surface area (Å²) in [5.74, 6) is 0.768. The Balaban J connectivity index is 1.34. The van der Waals surface area contributed by atoms with Gasteiger partial charge in [0.05, 0.1) is 17.1 Å². The van der Waals surface area contributed by atoms with Crippen molar-refractivity contribution in [2.24, 2.45) is 0 Å². The molecule has 0 bridgehead atoms. The third kappa shape index (κ3) is 4.67. The van der Waals surface area contributed by atoms with Crippen LogP contribution < -0.4 is 4.90 Å². The molecular formula is C24H26ClN5O2. The molecule has 3 aromatic rings. The molecule has 166 valence electrons. The molecule has 0 unspecified atom stereocenters. The standard InChI is InChI=1S/C24H26ClN5O2/c1-17-24(18(2)30(27-17)22-5-3-4-12-26-22)29-15-13-28(14-16-29)23(32)11-10-21(31)19-6-8-20(25)9-7-19/h3-9,12H,10-11,13-16H2,1-2H3. The topological polar surface area (TPSA) is 71.3 Å². The number of aromatic nitrogens is 3. The van der Waals surface area contributed by atoms with Crippen LogP contribution >= 0.6 is 11.6 Å². The van der Waals surface area contributed by atoms with Gasteiger partial charge in [0.15, 0.2) is 11.6 Å². The molecule has 8 heteroatoms. The first-order valence-electron chi connectivity index (χ1n) is 10.7. The first-order valence-corrected chi connectivity index (χ1v) is 11.1. The Hall–Kier alpha value is -3.19. The quantitative estimate of drug-likeness (QED) is 0.532. The SMILES string of the molecule is Cc1nn(-c2ccccn2)c(C)c1N1CCN(C(=O)CCC(=O)c2ccc(Cl)cc2)CC1. The van der Waals surface area contributed by atoms with Gasteiger partial charge >= 0.3 is 0 Å². The van der Waals surface area contributed by atoms with Crippen LogP contribution in [0.2, 0.25) is 5.02 Å². The van der Waals surface area contributed by atoms with E-state index in [0.717, 1.165) is 36.0 Å². The van der Waals surface area contributed by atoms with Crippen LogP contribution in [0, 0.1) is 13.8 Å². The van der Waals surface area contributed by atoms with Crippen molar-refractivity contribution in [3.05, 3.63) is 70.6 Å². The third-order valence-corrected chi connectivity index (χ3v) is 6.05. The van der Waals surface area contributed by atoms with Crippen molar-refractivity contribution in [2.75, 3.05) is 31.1 Å². The van der Waals surface area contributed by atoms with E-state index in [4.69, 9.17) is 11.6 Å². The van der Waals surface area contributed by atoms with Gasteiger partial charge in [-0.25, -0.2) is 9.67 Å². The molecule has 32 heavy (non-hydrogen) atoms. The monoisotopic (exact) mass is 451 g/mol. The van der Waals surface area contributed by atoms with Crippen molar-refractivity contribution < 1.29 is 9.59 Å². The summed E-state index contributed by atoms with van der Waals surface area (Å²) in [6.07, 6.45) is 2.18. The zero-order chi connectivity index (χ0) is 22.7. The summed E-state index contributed by atoms with van der Waals surface area (Å²) < 4.78 is 1.87. The molecule has 2 aromatic heterocycles. The molecule has 0 saturated carbocycles. The van der Waals surface area contributed by atoms with Crippen LogP contribution in [0.5, 0.6) is 0 Å². The Morgan fingerprint density at radius 3 is 2.34 bits per heavy atom. The number of rotatable bonds is 6. The lowest BCUT2D eigenvalue weighted by Crippen LogP contribution is -2.49. The molecule has 1 fully saturated rings. The molecule has 1 aromatic carbocycles. The van der Waals surface area contributed by atoms with E-state index in [9.17, 15) is 9.59 Å². The smallest absolute Gasteiger partial charge is 0.223 e. The fourth-order valence-electron chi connectivity index (χ4n) is 4.13. The Bertz CT molecular complexity index is 1100. The Morgan fingerprint density at radius 1 is 0.969 bits per heavy atom. The number of halogens is 1. The number of pyridine rings is 1. The summed E-state index contributed by atoms with van der Waals surface area (Å²) in [5.41, 5.74) is 3.67. The lowest BCUT2D eigenvalue weighted by Gasteiger charge is -2.36. The average molecular weight is 452 g/mol. The lowest BCUT2D eigenvalue weighted by molar-refractivity contribution is -0.131. The van der Waals surface area contributed by atoms with Crippen LogP contribution in [0.15, 0.2) is 48.7 Å². The van der Waals surface area contributed by atoms with Crippen molar-refractivity contribution in [3.8, 4) is 5.82 Å². The summed E-state index contributed by atoms with van der Waals surface area (Å²) in [6.45, 7) is 6.76. The average Bonchev–Trinajstić information content (AvgIpc) is 3.12. The molecular weight excluding hydrogens is 426 g/mol. The van der Waals surface area contributed by atoms with E-state index < -0.39 is 0 Å². The van der Waals surface area contributed by atoms with Gasteiger partial charge in [-0.3, -0.25) is 9.59 Å². The first kappa shape index (κ1) is 22.0. The highest BCUT2D eigenvalue weighted by Gasteiger charge is 2.26. The predicted octanol–water partition coefficient (Wildman–Crippen LogP) is 3.85. The number of amides is 1. The summed E-state index contributed by atoms with van der Waals surface area (Å²) in [4.78, 5) is 33.5. The predicted molar refractivity (Wildman–Crippen MR) is 125 cm³/mol. The van der Waals surface area contributed by atoms with E-state index in [1.165, 1.54) is 0 Å². The third-order valence-electron chi connectivity index (χ3n) is 5.80. The molecule has 1 aliphatic rings. The zero-order valence-electron chi connectivity index (χ0n) is 18.3. The van der Waals surface area contributed by atoms with Gasteiger partial charge in [-0.2, -0.15) is 5.10 Å². The van der Waals surface area contributed by atoms with Gasteiger partial charge in [-0.1, -0.05) is 17.7 Å². The number of ketones is 1. The van der Waals surface area contributed by atoms with E-state index in [2.05, 4.69) is 15.0 Å². The number of anilines is 1. The molecule has 4 rings (SSSR count). The van der Waals surface area contributed by atoms with Crippen LogP contribution in [0.4, 0.5) is 5.69 Å². The Labute approximate surface area is 192 Å². The van der Waals surface area contributed by atoms with Crippen molar-refractivity contribution in [1.29, 1.82) is 0 Å². The highest BCUT2D eigenvalue weighted by molar-refractivity contribution is 6.30. The van der Waals surface area contributed by atoms with Crippen molar-refractivity contribution >= 4 is 29.0 Å². The number of carbonyl (C=O) groups excluding carboxylic acids is 2. The number of aryl methyl sites for hydroxylation is 1. The highest BCUT2D eigenvalue weighted by atomic mass is 35.5. The van der Waals surface area contributed by atoms with E-state index in [1.54, 1.807) is 30.5 Å². The molecule has 0 aliphatic carbocycles. The molecule has 7 nitrogen and oxygen atoms in total. The van der Waals surface area contributed by atoms with E-state index in [-0.39, 0.29) is 24.5 Å². The van der Waals surface area contributed by atoms with Crippen molar-refractivity contribution in [1.82, 2.24) is 19.7 Å². The lowest BCUT2D eigenvalue weighted by atomic mass is 10.1. The fourth-order valence-corrected chi connectivity index (χ4v) is 4.26. The van der Waals surface area contributed by atoms with E-state index in [0.29, 0.717) is 23.7 Å². The largest absolute Gasteiger partial charge is 0.365 e. The second kappa shape index (κ2) is 9.53. The molecule has 1 amide bonds. The first-order chi connectivity index (χ1) is 15.4. The summed E-state index contributed by atoms with van der Waals surface area (Å²) in [6, 6.07) is 12.5.